The molecule has 5 rings (SSSR count). The molecule has 2 nitrogen and oxygen atoms in total. The second-order valence-electron chi connectivity index (χ2n) is 9.24. The number of aryl methyl sites for hydroxylation is 3. The molecule has 0 amide bonds. The van der Waals surface area contributed by atoms with Gasteiger partial charge in [-0.15, -0.1) is 0 Å². The number of hydrogen-bond acceptors (Lipinski definition) is 2. The van der Waals surface area contributed by atoms with Crippen LogP contribution in [0.3, 0.4) is 0 Å². The SMILES string of the molecule is Cc1cnc2c(c1)CCc1cnc(-c3cc(C(C)(C)C)c4ccccc4c3)cc1-2. The van der Waals surface area contributed by atoms with Crippen molar-refractivity contribution in [1.29, 1.82) is 0 Å². The average Bonchev–Trinajstić information content (AvgIpc) is 2.71. The number of pyridine rings is 2. The molecular formula is C27H26N2. The quantitative estimate of drug-likeness (QED) is 0.370. The molecule has 2 heterocycles. The Morgan fingerprint density at radius 3 is 2.45 bits per heavy atom. The summed E-state index contributed by atoms with van der Waals surface area (Å²) in [6.07, 6.45) is 6.11. The van der Waals surface area contributed by atoms with Crippen LogP contribution in [0.2, 0.25) is 0 Å². The maximum atomic E-state index is 4.85. The summed E-state index contributed by atoms with van der Waals surface area (Å²) in [5.74, 6) is 0. The van der Waals surface area contributed by atoms with E-state index in [0.717, 1.165) is 24.2 Å². The van der Waals surface area contributed by atoms with Crippen LogP contribution in [-0.4, -0.2) is 9.97 Å². The van der Waals surface area contributed by atoms with E-state index in [9.17, 15) is 0 Å². The van der Waals surface area contributed by atoms with Crippen LogP contribution in [0.5, 0.6) is 0 Å². The van der Waals surface area contributed by atoms with Crippen molar-refractivity contribution in [3.05, 3.63) is 83.2 Å². The van der Waals surface area contributed by atoms with Gasteiger partial charge in [0.1, 0.15) is 0 Å². The summed E-state index contributed by atoms with van der Waals surface area (Å²) in [6, 6.07) is 17.8. The van der Waals surface area contributed by atoms with Gasteiger partial charge in [-0.3, -0.25) is 9.97 Å². The molecule has 2 aromatic carbocycles. The van der Waals surface area contributed by atoms with Gasteiger partial charge in [0.2, 0.25) is 0 Å². The molecule has 2 heteroatoms. The minimum Gasteiger partial charge on any atom is -0.256 e. The van der Waals surface area contributed by atoms with E-state index in [1.807, 2.05) is 6.20 Å². The van der Waals surface area contributed by atoms with Gasteiger partial charge in [0.15, 0.2) is 0 Å². The highest BCUT2D eigenvalue weighted by atomic mass is 14.7. The second kappa shape index (κ2) is 6.52. The van der Waals surface area contributed by atoms with Crippen molar-refractivity contribution >= 4 is 10.8 Å². The third-order valence-electron chi connectivity index (χ3n) is 5.97. The zero-order chi connectivity index (χ0) is 20.2. The lowest BCUT2D eigenvalue weighted by atomic mass is 9.82. The van der Waals surface area contributed by atoms with E-state index in [2.05, 4.69) is 82.4 Å². The normalized spacial score (nSPS) is 13.2. The second-order valence-corrected chi connectivity index (χ2v) is 9.24. The van der Waals surface area contributed by atoms with Crippen molar-refractivity contribution in [2.75, 3.05) is 0 Å². The first-order valence-corrected chi connectivity index (χ1v) is 10.4. The number of nitrogens with zero attached hydrogens (tertiary/aromatic N) is 2. The van der Waals surface area contributed by atoms with E-state index in [1.54, 1.807) is 0 Å². The molecule has 4 aromatic rings. The average molecular weight is 379 g/mol. The molecule has 0 radical (unpaired) electrons. The molecule has 1 aliphatic rings. The summed E-state index contributed by atoms with van der Waals surface area (Å²) in [5.41, 5.74) is 9.86. The van der Waals surface area contributed by atoms with E-state index in [4.69, 9.17) is 9.97 Å². The highest BCUT2D eigenvalue weighted by Crippen LogP contribution is 2.37. The summed E-state index contributed by atoms with van der Waals surface area (Å²) in [5, 5.41) is 2.59. The molecule has 0 saturated carbocycles. The van der Waals surface area contributed by atoms with Crippen molar-refractivity contribution in [3.8, 4) is 22.5 Å². The van der Waals surface area contributed by atoms with Crippen LogP contribution >= 0.6 is 0 Å². The van der Waals surface area contributed by atoms with Gasteiger partial charge >= 0.3 is 0 Å². The zero-order valence-electron chi connectivity index (χ0n) is 17.6. The smallest absolute Gasteiger partial charge is 0.0738 e. The third kappa shape index (κ3) is 3.13. The highest BCUT2D eigenvalue weighted by Gasteiger charge is 2.21. The van der Waals surface area contributed by atoms with Crippen LogP contribution in [0.1, 0.15) is 43.0 Å². The van der Waals surface area contributed by atoms with Gasteiger partial charge in [-0.1, -0.05) is 51.1 Å². The molecule has 0 saturated heterocycles. The largest absolute Gasteiger partial charge is 0.256 e. The monoisotopic (exact) mass is 378 g/mol. The molecule has 0 N–H and O–H groups in total. The topological polar surface area (TPSA) is 25.8 Å². The predicted octanol–water partition coefficient (Wildman–Crippen LogP) is 6.67. The predicted molar refractivity (Wildman–Crippen MR) is 121 cm³/mol. The number of rotatable bonds is 1. The summed E-state index contributed by atoms with van der Waals surface area (Å²) in [7, 11) is 0. The van der Waals surface area contributed by atoms with Gasteiger partial charge in [-0.2, -0.15) is 0 Å². The van der Waals surface area contributed by atoms with Crippen molar-refractivity contribution in [2.24, 2.45) is 0 Å². The standard InChI is InChI=1S/C27H26N2/c1-17-11-19-9-10-20-16-28-25(14-23(20)26(19)29-15-17)21-12-18-7-5-6-8-22(18)24(13-21)27(2,3)4/h5-8,11-16H,9-10H2,1-4H3. The van der Waals surface area contributed by atoms with E-state index in [-0.39, 0.29) is 5.41 Å². The Morgan fingerprint density at radius 2 is 1.62 bits per heavy atom. The Bertz CT molecular complexity index is 1250. The Morgan fingerprint density at radius 1 is 0.828 bits per heavy atom. The number of aromatic nitrogens is 2. The Hall–Kier alpha value is -3.00. The fourth-order valence-electron chi connectivity index (χ4n) is 4.47. The van der Waals surface area contributed by atoms with Crippen LogP contribution < -0.4 is 0 Å². The summed E-state index contributed by atoms with van der Waals surface area (Å²) in [4.78, 5) is 9.63. The molecular weight excluding hydrogens is 352 g/mol. The third-order valence-corrected chi connectivity index (χ3v) is 5.97. The molecule has 0 bridgehead atoms. The van der Waals surface area contributed by atoms with Crippen molar-refractivity contribution in [2.45, 2.75) is 46.0 Å². The van der Waals surface area contributed by atoms with Crippen molar-refractivity contribution in [1.82, 2.24) is 9.97 Å². The lowest BCUT2D eigenvalue weighted by Gasteiger charge is -2.23. The fourth-order valence-corrected chi connectivity index (χ4v) is 4.47. The van der Waals surface area contributed by atoms with Gasteiger partial charge < -0.3 is 0 Å². The van der Waals surface area contributed by atoms with Crippen molar-refractivity contribution < 1.29 is 0 Å². The minimum atomic E-state index is 0.0650. The minimum absolute atomic E-state index is 0.0650. The summed E-state index contributed by atoms with van der Waals surface area (Å²) < 4.78 is 0. The first-order valence-electron chi connectivity index (χ1n) is 10.4. The number of benzene rings is 2. The maximum absolute atomic E-state index is 4.85. The van der Waals surface area contributed by atoms with Crippen LogP contribution in [0.15, 0.2) is 60.9 Å². The van der Waals surface area contributed by atoms with Gasteiger partial charge in [0.05, 0.1) is 11.4 Å². The summed E-state index contributed by atoms with van der Waals surface area (Å²) in [6.45, 7) is 8.95. The van der Waals surface area contributed by atoms with Crippen LogP contribution in [-0.2, 0) is 18.3 Å². The molecule has 29 heavy (non-hydrogen) atoms. The van der Waals surface area contributed by atoms with Crippen LogP contribution in [0, 0.1) is 6.92 Å². The zero-order valence-corrected chi connectivity index (χ0v) is 17.6. The van der Waals surface area contributed by atoms with Crippen LogP contribution in [0.25, 0.3) is 33.3 Å². The Labute approximate surface area is 172 Å². The highest BCUT2D eigenvalue weighted by molar-refractivity contribution is 5.91. The van der Waals surface area contributed by atoms with Gasteiger partial charge in [-0.05, 0) is 76.4 Å². The van der Waals surface area contributed by atoms with E-state index < -0.39 is 0 Å². The van der Waals surface area contributed by atoms with Gasteiger partial charge in [0, 0.05) is 23.5 Å². The Balaban J connectivity index is 1.71. The molecule has 0 atom stereocenters. The Kier molecular flexibility index (Phi) is 4.06. The van der Waals surface area contributed by atoms with Crippen LogP contribution in [0.4, 0.5) is 0 Å². The number of hydrogen-bond donors (Lipinski definition) is 0. The first-order chi connectivity index (χ1) is 13.9. The van der Waals surface area contributed by atoms with E-state index in [1.165, 1.54) is 44.2 Å². The molecule has 0 unspecified atom stereocenters. The lowest BCUT2D eigenvalue weighted by Crippen LogP contribution is -2.12. The molecule has 144 valence electrons. The van der Waals surface area contributed by atoms with Gasteiger partial charge in [0.25, 0.3) is 0 Å². The molecule has 0 spiro atoms. The number of fused-ring (bicyclic) bond motifs is 4. The van der Waals surface area contributed by atoms with E-state index in [0.29, 0.717) is 0 Å². The molecule has 0 fully saturated rings. The molecule has 1 aliphatic carbocycles. The van der Waals surface area contributed by atoms with E-state index >= 15 is 0 Å². The molecule has 0 aliphatic heterocycles. The van der Waals surface area contributed by atoms with Crippen molar-refractivity contribution in [3.63, 3.8) is 0 Å². The van der Waals surface area contributed by atoms with Gasteiger partial charge in [-0.25, -0.2) is 0 Å². The lowest BCUT2D eigenvalue weighted by molar-refractivity contribution is 0.596. The maximum Gasteiger partial charge on any atom is 0.0738 e. The first kappa shape index (κ1) is 18.1. The summed E-state index contributed by atoms with van der Waals surface area (Å²) >= 11 is 0. The molecule has 2 aromatic heterocycles. The fraction of sp³-hybridized carbons (Fsp3) is 0.259.